The van der Waals surface area contributed by atoms with Crippen molar-refractivity contribution in [2.24, 2.45) is 5.16 Å². The Kier molecular flexibility index (Phi) is 6.76. The average molecular weight is 499 g/mol. The molecule has 3 heterocycles. The van der Waals surface area contributed by atoms with Crippen LogP contribution in [0.15, 0.2) is 60.0 Å². The van der Waals surface area contributed by atoms with Crippen molar-refractivity contribution in [2.75, 3.05) is 14.2 Å². The molecule has 9 nitrogen and oxygen atoms in total. The molecule has 0 saturated heterocycles. The van der Waals surface area contributed by atoms with Gasteiger partial charge in [-0.05, 0) is 56.0 Å². The Morgan fingerprint density at radius 1 is 0.973 bits per heavy atom. The topological polar surface area (TPSA) is 88.1 Å². The molecule has 0 saturated carbocycles. The van der Waals surface area contributed by atoms with Gasteiger partial charge in [0.05, 0.1) is 25.3 Å². The number of rotatable bonds is 9. The van der Waals surface area contributed by atoms with Crippen LogP contribution in [0.5, 0.6) is 11.5 Å². The number of hydrogen-bond acceptors (Lipinski definition) is 7. The molecule has 2 aromatic carbocycles. The van der Waals surface area contributed by atoms with Gasteiger partial charge < -0.3 is 18.9 Å². The zero-order valence-corrected chi connectivity index (χ0v) is 21.7. The third kappa shape index (κ3) is 4.72. The summed E-state index contributed by atoms with van der Waals surface area (Å²) in [5.74, 6) is 2.00. The maximum atomic E-state index is 5.56. The van der Waals surface area contributed by atoms with E-state index in [0.29, 0.717) is 5.82 Å². The number of methoxy groups -OCH3 is 2. The fraction of sp³-hybridized carbons (Fsp3) is 0.286. The minimum Gasteiger partial charge on any atom is -0.493 e. The molecule has 0 bridgehead atoms. The largest absolute Gasteiger partial charge is 0.493 e. The van der Waals surface area contributed by atoms with E-state index in [9.17, 15) is 0 Å². The van der Waals surface area contributed by atoms with Crippen LogP contribution in [0.25, 0.3) is 16.7 Å². The Balaban J connectivity index is 1.38. The number of hydrogen-bond donors (Lipinski definition) is 0. The minimum atomic E-state index is 0.172. The van der Waals surface area contributed by atoms with E-state index in [4.69, 9.17) is 24.3 Å². The Hall–Kier alpha value is -4.40. The number of oxime groups is 1. The molecule has 0 aliphatic heterocycles. The molecule has 0 amide bonds. The van der Waals surface area contributed by atoms with Crippen molar-refractivity contribution in [1.29, 1.82) is 0 Å². The average Bonchev–Trinajstić information content (AvgIpc) is 3.45. The molecule has 0 unspecified atom stereocenters. The molecule has 9 heteroatoms. The van der Waals surface area contributed by atoms with Crippen LogP contribution in [-0.2, 0) is 24.4 Å². The summed E-state index contributed by atoms with van der Waals surface area (Å²) in [5.41, 5.74) is 6.91. The minimum absolute atomic E-state index is 0.172. The van der Waals surface area contributed by atoms with E-state index in [1.54, 1.807) is 25.1 Å². The third-order valence-corrected chi connectivity index (χ3v) is 6.65. The maximum absolute atomic E-state index is 5.56. The van der Waals surface area contributed by atoms with Crippen molar-refractivity contribution in [3.63, 3.8) is 0 Å². The second-order valence-corrected chi connectivity index (χ2v) is 8.86. The second kappa shape index (κ2) is 10.3. The first-order chi connectivity index (χ1) is 18.0. The second-order valence-electron chi connectivity index (χ2n) is 8.86. The quantitative estimate of drug-likeness (QED) is 0.212. The zero-order chi connectivity index (χ0) is 25.9. The Morgan fingerprint density at radius 3 is 2.51 bits per heavy atom. The van der Waals surface area contributed by atoms with Gasteiger partial charge in [-0.2, -0.15) is 0 Å². The number of aryl methyl sites for hydroxylation is 3. The summed E-state index contributed by atoms with van der Waals surface area (Å²) in [7, 11) is 3.29. The molecule has 0 spiro atoms. The van der Waals surface area contributed by atoms with Gasteiger partial charge in [0.15, 0.2) is 29.6 Å². The molecule has 0 atom stereocenters. The van der Waals surface area contributed by atoms with Crippen molar-refractivity contribution in [3.05, 3.63) is 83.1 Å². The van der Waals surface area contributed by atoms with E-state index in [1.807, 2.05) is 49.4 Å². The molecule has 0 aliphatic rings. The SMILES string of the molecule is COc1ccc(CCn2c(C)c(C)c3c2ncn2nc(CON=C(C)c4ccccc4)nc32)cc1OC. The lowest BCUT2D eigenvalue weighted by atomic mass is 10.1. The number of ether oxygens (including phenoxy) is 2. The Labute approximate surface area is 215 Å². The Morgan fingerprint density at radius 2 is 1.76 bits per heavy atom. The van der Waals surface area contributed by atoms with Crippen molar-refractivity contribution in [3.8, 4) is 11.5 Å². The van der Waals surface area contributed by atoms with E-state index in [1.165, 1.54) is 0 Å². The fourth-order valence-corrected chi connectivity index (χ4v) is 4.51. The monoisotopic (exact) mass is 498 g/mol. The highest BCUT2D eigenvalue weighted by atomic mass is 16.6. The first kappa shape index (κ1) is 24.3. The lowest BCUT2D eigenvalue weighted by molar-refractivity contribution is 0.125. The van der Waals surface area contributed by atoms with Crippen LogP contribution in [0.1, 0.15) is 35.1 Å². The van der Waals surface area contributed by atoms with Crippen molar-refractivity contribution in [1.82, 2.24) is 24.1 Å². The number of fused-ring (bicyclic) bond motifs is 3. The van der Waals surface area contributed by atoms with Crippen LogP contribution >= 0.6 is 0 Å². The van der Waals surface area contributed by atoms with Gasteiger partial charge in [0.1, 0.15) is 12.0 Å². The zero-order valence-electron chi connectivity index (χ0n) is 21.7. The first-order valence-corrected chi connectivity index (χ1v) is 12.1. The van der Waals surface area contributed by atoms with E-state index in [-0.39, 0.29) is 6.61 Å². The summed E-state index contributed by atoms with van der Waals surface area (Å²) in [6, 6.07) is 15.9. The van der Waals surface area contributed by atoms with Crippen LogP contribution in [0.3, 0.4) is 0 Å². The fourth-order valence-electron chi connectivity index (χ4n) is 4.51. The highest BCUT2D eigenvalue weighted by molar-refractivity contribution is 5.98. The predicted molar refractivity (Wildman–Crippen MR) is 142 cm³/mol. The van der Waals surface area contributed by atoms with E-state index < -0.39 is 0 Å². The van der Waals surface area contributed by atoms with Crippen LogP contribution in [0.2, 0.25) is 0 Å². The maximum Gasteiger partial charge on any atom is 0.192 e. The van der Waals surface area contributed by atoms with E-state index in [2.05, 4.69) is 34.7 Å². The summed E-state index contributed by atoms with van der Waals surface area (Å²) in [5, 5.41) is 9.78. The van der Waals surface area contributed by atoms with Gasteiger partial charge in [-0.25, -0.2) is 14.5 Å². The molecule has 190 valence electrons. The third-order valence-electron chi connectivity index (χ3n) is 6.65. The molecule has 0 N–H and O–H groups in total. The van der Waals surface area contributed by atoms with Gasteiger partial charge in [-0.15, -0.1) is 5.10 Å². The summed E-state index contributed by atoms with van der Waals surface area (Å²) < 4.78 is 14.8. The summed E-state index contributed by atoms with van der Waals surface area (Å²) in [6.45, 7) is 7.07. The summed E-state index contributed by atoms with van der Waals surface area (Å²) >= 11 is 0. The highest BCUT2D eigenvalue weighted by Crippen LogP contribution is 2.30. The van der Waals surface area contributed by atoms with Crippen molar-refractivity contribution in [2.45, 2.75) is 40.3 Å². The number of benzene rings is 2. The molecule has 37 heavy (non-hydrogen) atoms. The van der Waals surface area contributed by atoms with Gasteiger partial charge in [-0.1, -0.05) is 41.6 Å². The molecule has 5 rings (SSSR count). The van der Waals surface area contributed by atoms with Crippen molar-refractivity contribution >= 4 is 22.4 Å². The number of aromatic nitrogens is 5. The first-order valence-electron chi connectivity index (χ1n) is 12.1. The van der Waals surface area contributed by atoms with Crippen LogP contribution in [0, 0.1) is 13.8 Å². The normalized spacial score (nSPS) is 11.9. The molecule has 5 aromatic rings. The van der Waals surface area contributed by atoms with Gasteiger partial charge in [0, 0.05) is 12.2 Å². The smallest absolute Gasteiger partial charge is 0.192 e. The van der Waals surface area contributed by atoms with E-state index >= 15 is 0 Å². The summed E-state index contributed by atoms with van der Waals surface area (Å²) in [6.07, 6.45) is 2.53. The van der Waals surface area contributed by atoms with Gasteiger partial charge in [0.25, 0.3) is 0 Å². The van der Waals surface area contributed by atoms with Gasteiger partial charge in [-0.3, -0.25) is 0 Å². The molecule has 3 aromatic heterocycles. The van der Waals surface area contributed by atoms with Gasteiger partial charge in [0.2, 0.25) is 0 Å². The molecule has 0 aliphatic carbocycles. The van der Waals surface area contributed by atoms with Gasteiger partial charge >= 0.3 is 0 Å². The lowest BCUT2D eigenvalue weighted by Gasteiger charge is -2.11. The highest BCUT2D eigenvalue weighted by Gasteiger charge is 2.18. The molecule has 0 radical (unpaired) electrons. The molecular weight excluding hydrogens is 468 g/mol. The lowest BCUT2D eigenvalue weighted by Crippen LogP contribution is -2.05. The van der Waals surface area contributed by atoms with Crippen LogP contribution < -0.4 is 9.47 Å². The Bertz CT molecular complexity index is 1590. The van der Waals surface area contributed by atoms with Crippen LogP contribution in [-0.4, -0.2) is 44.1 Å². The van der Waals surface area contributed by atoms with E-state index in [0.717, 1.165) is 69.2 Å². The molecular formula is C28H30N6O3. The summed E-state index contributed by atoms with van der Waals surface area (Å²) in [4.78, 5) is 15.1. The standard InChI is InChI=1S/C28H30N6O3/c1-18-20(3)33(14-13-21-11-12-23(35-4)24(15-21)36-5)27-26(18)28-30-25(31-34(28)17-29-27)16-37-32-19(2)22-9-7-6-8-10-22/h6-12,15,17H,13-14,16H2,1-5H3. The predicted octanol–water partition coefficient (Wildman–Crippen LogP) is 4.90. The van der Waals surface area contributed by atoms with Crippen molar-refractivity contribution < 1.29 is 14.3 Å². The van der Waals surface area contributed by atoms with Crippen LogP contribution in [0.4, 0.5) is 0 Å². The molecule has 0 fully saturated rings. The number of nitrogens with zero attached hydrogens (tertiary/aromatic N) is 6.